The van der Waals surface area contributed by atoms with Gasteiger partial charge in [-0.15, -0.1) is 0 Å². The van der Waals surface area contributed by atoms with Crippen molar-refractivity contribution in [1.29, 1.82) is 0 Å². The molecule has 46 heavy (non-hydrogen) atoms. The van der Waals surface area contributed by atoms with Crippen LogP contribution in [0, 0.1) is 20.8 Å². The van der Waals surface area contributed by atoms with Gasteiger partial charge in [0.25, 0.3) is 11.1 Å². The number of carbonyl (C=O) groups excluding carboxylic acids is 4. The second kappa shape index (κ2) is 13.2. The van der Waals surface area contributed by atoms with Gasteiger partial charge in [0.15, 0.2) is 0 Å². The summed E-state index contributed by atoms with van der Waals surface area (Å²) in [4.78, 5) is 48.1. The molecule has 12 heteroatoms. The summed E-state index contributed by atoms with van der Waals surface area (Å²) in [6, 6.07) is 7.67. The molecule has 0 aromatic heterocycles. The number of benzene rings is 2. The number of esters is 1. The number of imide groups is 1. The Bertz CT molecular complexity index is 1610. The second-order valence-corrected chi connectivity index (χ2v) is 14.9. The van der Waals surface area contributed by atoms with Crippen LogP contribution in [0.2, 0.25) is 0 Å². The highest BCUT2D eigenvalue weighted by Gasteiger charge is 2.42. The summed E-state index contributed by atoms with van der Waals surface area (Å²) in [5.41, 5.74) is 4.10. The van der Waals surface area contributed by atoms with Gasteiger partial charge in [0.05, 0.1) is 17.0 Å². The number of hydrogen-bond acceptors (Lipinski definition) is 9. The lowest BCUT2D eigenvalue weighted by Gasteiger charge is -2.37. The number of rotatable bonds is 10. The maximum Gasteiger partial charge on any atom is 0.315 e. The molecule has 4 heterocycles. The number of urea groups is 1. The molecule has 0 radical (unpaired) electrons. The van der Waals surface area contributed by atoms with E-state index in [2.05, 4.69) is 16.0 Å². The van der Waals surface area contributed by atoms with E-state index in [1.807, 2.05) is 63.7 Å². The minimum Gasteiger partial charge on any atom is -0.489 e. The molecule has 4 atom stereocenters. The highest BCUT2D eigenvalue weighted by atomic mass is 32.2. The van der Waals surface area contributed by atoms with Crippen molar-refractivity contribution >= 4 is 52.7 Å². The number of fused-ring (bicyclic) bond motifs is 2. The van der Waals surface area contributed by atoms with Crippen LogP contribution >= 0.6 is 23.5 Å². The van der Waals surface area contributed by atoms with Gasteiger partial charge in [0.1, 0.15) is 29.5 Å². The van der Waals surface area contributed by atoms with Crippen LogP contribution in [-0.2, 0) is 16.0 Å². The van der Waals surface area contributed by atoms with Gasteiger partial charge in [0.2, 0.25) is 0 Å². The highest BCUT2D eigenvalue weighted by Crippen LogP contribution is 2.44. The van der Waals surface area contributed by atoms with Crippen LogP contribution in [0.25, 0.3) is 6.08 Å². The number of nitrogens with one attached hydrogen (secondary N) is 3. The van der Waals surface area contributed by atoms with E-state index in [-0.39, 0.29) is 35.2 Å². The first kappa shape index (κ1) is 32.3. The lowest BCUT2D eigenvalue weighted by Crippen LogP contribution is -2.42. The molecular formula is C34H39N3O7S2. The van der Waals surface area contributed by atoms with Crippen molar-refractivity contribution < 1.29 is 33.4 Å². The van der Waals surface area contributed by atoms with E-state index in [0.29, 0.717) is 34.7 Å². The summed E-state index contributed by atoms with van der Waals surface area (Å²) in [5.74, 6) is 2.46. The van der Waals surface area contributed by atoms with E-state index >= 15 is 0 Å². The molecule has 3 fully saturated rings. The van der Waals surface area contributed by atoms with Gasteiger partial charge in [-0.2, -0.15) is 11.8 Å². The van der Waals surface area contributed by atoms with Gasteiger partial charge >= 0.3 is 12.0 Å². The molecule has 3 saturated heterocycles. The van der Waals surface area contributed by atoms with Crippen LogP contribution in [0.5, 0.6) is 17.2 Å². The van der Waals surface area contributed by atoms with Gasteiger partial charge in [-0.1, -0.05) is 18.6 Å². The molecule has 2 aromatic carbocycles. The molecule has 4 aliphatic rings. The summed E-state index contributed by atoms with van der Waals surface area (Å²) in [5, 5.41) is 8.27. The normalized spacial score (nSPS) is 25.8. The monoisotopic (exact) mass is 665 g/mol. The first-order valence-electron chi connectivity index (χ1n) is 15.7. The Morgan fingerprint density at radius 2 is 1.85 bits per heavy atom. The predicted molar refractivity (Wildman–Crippen MR) is 179 cm³/mol. The molecule has 0 spiro atoms. The molecular weight excluding hydrogens is 627 g/mol. The highest BCUT2D eigenvalue weighted by molar-refractivity contribution is 8.18. The second-order valence-electron chi connectivity index (χ2n) is 12.6. The van der Waals surface area contributed by atoms with Gasteiger partial charge in [-0.05, 0) is 106 Å². The zero-order chi connectivity index (χ0) is 32.6. The molecule has 10 nitrogen and oxygen atoms in total. The Morgan fingerprint density at radius 3 is 2.59 bits per heavy atom. The summed E-state index contributed by atoms with van der Waals surface area (Å²) in [6.07, 6.45) is 6.14. The van der Waals surface area contributed by atoms with Crippen LogP contribution in [0.1, 0.15) is 66.8 Å². The molecule has 0 aliphatic carbocycles. The Balaban J connectivity index is 1.02. The van der Waals surface area contributed by atoms with E-state index in [9.17, 15) is 19.2 Å². The molecule has 4 amide bonds. The molecule has 2 aromatic rings. The number of carbonyl (C=O) groups is 4. The maximum absolute atomic E-state index is 12.9. The van der Waals surface area contributed by atoms with Crippen molar-refractivity contribution in [3.63, 3.8) is 0 Å². The van der Waals surface area contributed by atoms with E-state index in [4.69, 9.17) is 14.2 Å². The molecule has 3 N–H and O–H groups in total. The van der Waals surface area contributed by atoms with Crippen LogP contribution in [-0.4, -0.2) is 58.4 Å². The molecule has 6 rings (SSSR count). The van der Waals surface area contributed by atoms with E-state index in [1.54, 1.807) is 6.08 Å². The van der Waals surface area contributed by atoms with Crippen molar-refractivity contribution in [3.05, 3.63) is 57.0 Å². The van der Waals surface area contributed by atoms with Crippen LogP contribution < -0.4 is 30.2 Å². The fourth-order valence-electron chi connectivity index (χ4n) is 6.43. The topological polar surface area (TPSA) is 132 Å². The predicted octanol–water partition coefficient (Wildman–Crippen LogP) is 5.73. The Hall–Kier alpha value is -3.64. The number of thioether (sulfide) groups is 2. The molecule has 0 saturated carbocycles. The molecule has 4 aliphatic heterocycles. The Kier molecular flexibility index (Phi) is 9.29. The van der Waals surface area contributed by atoms with Crippen molar-refractivity contribution in [1.82, 2.24) is 16.0 Å². The van der Waals surface area contributed by atoms with Crippen LogP contribution in [0.3, 0.4) is 0 Å². The first-order chi connectivity index (χ1) is 22.0. The quantitative estimate of drug-likeness (QED) is 0.0957. The van der Waals surface area contributed by atoms with Crippen LogP contribution in [0.15, 0.2) is 29.2 Å². The van der Waals surface area contributed by atoms with Crippen molar-refractivity contribution in [3.8, 4) is 17.2 Å². The first-order valence-corrected chi connectivity index (χ1v) is 17.5. The van der Waals surface area contributed by atoms with Crippen molar-refractivity contribution in [2.24, 2.45) is 0 Å². The molecule has 244 valence electrons. The lowest BCUT2D eigenvalue weighted by atomic mass is 9.87. The largest absolute Gasteiger partial charge is 0.489 e. The van der Waals surface area contributed by atoms with Gasteiger partial charge in [0, 0.05) is 23.0 Å². The number of amides is 4. The third-order valence-electron chi connectivity index (χ3n) is 9.20. The van der Waals surface area contributed by atoms with Gasteiger partial charge < -0.3 is 24.8 Å². The zero-order valence-electron chi connectivity index (χ0n) is 26.4. The van der Waals surface area contributed by atoms with E-state index < -0.39 is 5.60 Å². The van der Waals surface area contributed by atoms with Crippen molar-refractivity contribution in [2.75, 3.05) is 12.4 Å². The number of hydrogen-bond donors (Lipinski definition) is 3. The lowest BCUT2D eigenvalue weighted by molar-refractivity contribution is -0.134. The summed E-state index contributed by atoms with van der Waals surface area (Å²) >= 11 is 2.78. The van der Waals surface area contributed by atoms with E-state index in [1.165, 1.54) is 0 Å². The fourth-order valence-corrected chi connectivity index (χ4v) is 8.65. The minimum atomic E-state index is -0.552. The Morgan fingerprint density at radius 1 is 1.07 bits per heavy atom. The van der Waals surface area contributed by atoms with Gasteiger partial charge in [-0.25, -0.2) is 4.79 Å². The average molecular weight is 666 g/mol. The third kappa shape index (κ3) is 6.88. The van der Waals surface area contributed by atoms with Gasteiger partial charge in [-0.3, -0.25) is 19.7 Å². The number of unbranched alkanes of at least 4 members (excludes halogenated alkanes) is 1. The third-order valence-corrected chi connectivity index (χ3v) is 11.5. The fraction of sp³-hybridized carbons (Fsp3) is 0.471. The minimum absolute atomic E-state index is 0.0764. The standard InChI is InChI=1S/C34H39N3O7S2/c1-18-19(2)30-23(20(3)29(18)43-27(38)8-6-5-7-25-28-24(16-45-25)35-32(40)36-28)13-14-34(4,44-30)17-42-22-11-9-21(10-12-22)15-26-31(39)37-33(41)46-26/h9-12,15,24-25,28H,5-8,13-14,16-17H2,1-4H3,(H2,35,36,40)(H,37,39,41)/b26-15-/t24-,25-,28-,34?/m0/s1. The summed E-state index contributed by atoms with van der Waals surface area (Å²) in [7, 11) is 0. The Labute approximate surface area is 277 Å². The van der Waals surface area contributed by atoms with Crippen LogP contribution in [0.4, 0.5) is 9.59 Å². The molecule has 0 bridgehead atoms. The zero-order valence-corrected chi connectivity index (χ0v) is 28.1. The molecule has 1 unspecified atom stereocenters. The summed E-state index contributed by atoms with van der Waals surface area (Å²) in [6.45, 7) is 8.35. The number of ether oxygens (including phenoxy) is 3. The van der Waals surface area contributed by atoms with E-state index in [0.717, 1.165) is 83.2 Å². The maximum atomic E-state index is 12.9. The smallest absolute Gasteiger partial charge is 0.315 e. The van der Waals surface area contributed by atoms with Crippen molar-refractivity contribution in [2.45, 2.75) is 89.2 Å². The summed E-state index contributed by atoms with van der Waals surface area (Å²) < 4.78 is 18.7. The SMILES string of the molecule is Cc1c(C)c2c(c(C)c1OC(=O)CCCC[C@@H]1SC[C@@H]3NC(=O)N[C@@H]31)CCC(C)(COc1ccc(/C=C3\SC(=O)NC3=O)cc1)O2. The average Bonchev–Trinajstić information content (AvgIpc) is 3.68.